The predicted octanol–water partition coefficient (Wildman–Crippen LogP) is 3.14. The Morgan fingerprint density at radius 2 is 2.25 bits per heavy atom. The van der Waals surface area contributed by atoms with Gasteiger partial charge in [-0.15, -0.1) is 0 Å². The Hall–Kier alpha value is -1.81. The fourth-order valence-electron chi connectivity index (χ4n) is 4.55. The van der Waals surface area contributed by atoms with Gasteiger partial charge in [-0.25, -0.2) is 0 Å². The number of hydrogen-bond acceptors (Lipinski definition) is 2. The van der Waals surface area contributed by atoms with Crippen molar-refractivity contribution in [2.45, 2.75) is 52.1 Å². The molecule has 2 aliphatic rings. The first kappa shape index (κ1) is 15.7. The van der Waals surface area contributed by atoms with Crippen LogP contribution in [0, 0.1) is 12.8 Å². The molecule has 1 saturated heterocycles. The topological polar surface area (TPSA) is 48.1 Å². The molecule has 0 spiro atoms. The molecule has 1 saturated carbocycles. The molecule has 24 heavy (non-hydrogen) atoms. The average Bonchev–Trinajstić information content (AvgIpc) is 3.28. The van der Waals surface area contributed by atoms with E-state index >= 15 is 0 Å². The second-order valence-corrected chi connectivity index (χ2v) is 7.50. The van der Waals surface area contributed by atoms with Crippen molar-refractivity contribution in [3.05, 3.63) is 35.0 Å². The van der Waals surface area contributed by atoms with Crippen molar-refractivity contribution in [1.82, 2.24) is 15.2 Å². The zero-order chi connectivity index (χ0) is 16.7. The van der Waals surface area contributed by atoms with Crippen molar-refractivity contribution in [3.63, 3.8) is 0 Å². The molecule has 2 atom stereocenters. The van der Waals surface area contributed by atoms with Crippen LogP contribution in [0.5, 0.6) is 0 Å². The van der Waals surface area contributed by atoms with Gasteiger partial charge in [0, 0.05) is 35.7 Å². The molecule has 1 aromatic carbocycles. The van der Waals surface area contributed by atoms with Crippen LogP contribution in [-0.2, 0) is 17.8 Å². The lowest BCUT2D eigenvalue weighted by molar-refractivity contribution is -0.122. The van der Waals surface area contributed by atoms with E-state index in [0.717, 1.165) is 18.9 Å². The maximum atomic E-state index is 12.3. The number of likely N-dealkylation sites (tertiary alicyclic amines) is 1. The molecule has 0 radical (unpaired) electrons. The molecular weight excluding hydrogens is 298 g/mol. The number of benzene rings is 1. The lowest BCUT2D eigenvalue weighted by Gasteiger charge is -2.25. The molecular formula is C20H27N3O. The summed E-state index contributed by atoms with van der Waals surface area (Å²) in [6.45, 7) is 6.63. The number of rotatable bonds is 5. The summed E-state index contributed by atoms with van der Waals surface area (Å²) in [7, 11) is 0. The molecule has 1 aromatic heterocycles. The molecule has 1 aliphatic carbocycles. The molecule has 1 amide bonds. The van der Waals surface area contributed by atoms with E-state index in [1.165, 1.54) is 47.0 Å². The Bertz CT molecular complexity index is 764. The molecule has 1 aliphatic heterocycles. The minimum Gasteiger partial charge on any atom is -0.358 e. The van der Waals surface area contributed by atoms with Gasteiger partial charge in [0.05, 0.1) is 6.54 Å². The second-order valence-electron chi connectivity index (χ2n) is 7.50. The second kappa shape index (κ2) is 6.25. The minimum atomic E-state index is 0.155. The van der Waals surface area contributed by atoms with E-state index in [2.05, 4.69) is 47.2 Å². The number of nitrogens with zero attached hydrogens (tertiary/aromatic N) is 1. The Balaban J connectivity index is 1.37. The minimum absolute atomic E-state index is 0.155. The number of carbonyl (C=O) groups excluding carboxylic acids is 1. The number of aryl methyl sites for hydroxylation is 2. The van der Waals surface area contributed by atoms with Gasteiger partial charge in [0.2, 0.25) is 5.91 Å². The molecule has 4 rings (SSSR count). The maximum Gasteiger partial charge on any atom is 0.234 e. The number of H-pyrrole nitrogens is 1. The summed E-state index contributed by atoms with van der Waals surface area (Å²) >= 11 is 0. The van der Waals surface area contributed by atoms with Crippen LogP contribution in [0.1, 0.15) is 43.0 Å². The van der Waals surface area contributed by atoms with Crippen LogP contribution in [0.25, 0.3) is 10.9 Å². The third kappa shape index (κ3) is 2.84. The first-order valence-corrected chi connectivity index (χ1v) is 9.25. The van der Waals surface area contributed by atoms with Crippen LogP contribution in [0.3, 0.4) is 0 Å². The third-order valence-electron chi connectivity index (χ3n) is 5.94. The van der Waals surface area contributed by atoms with Gasteiger partial charge < -0.3 is 10.3 Å². The van der Waals surface area contributed by atoms with E-state index in [4.69, 9.17) is 0 Å². The quantitative estimate of drug-likeness (QED) is 0.887. The van der Waals surface area contributed by atoms with Crippen LogP contribution >= 0.6 is 0 Å². The number of amides is 1. The monoisotopic (exact) mass is 325 g/mol. The zero-order valence-corrected chi connectivity index (χ0v) is 14.7. The lowest BCUT2D eigenvalue weighted by atomic mass is 10.1. The van der Waals surface area contributed by atoms with Crippen molar-refractivity contribution in [2.24, 2.45) is 5.92 Å². The zero-order valence-electron chi connectivity index (χ0n) is 14.7. The van der Waals surface area contributed by atoms with Gasteiger partial charge in [-0.2, -0.15) is 0 Å². The number of hydrogen-bond donors (Lipinski definition) is 2. The van der Waals surface area contributed by atoms with Crippen LogP contribution < -0.4 is 5.32 Å². The van der Waals surface area contributed by atoms with Crippen LogP contribution in [0.15, 0.2) is 18.2 Å². The first-order chi connectivity index (χ1) is 11.6. The van der Waals surface area contributed by atoms with Gasteiger partial charge in [0.25, 0.3) is 0 Å². The predicted molar refractivity (Wildman–Crippen MR) is 97.0 cm³/mol. The highest BCUT2D eigenvalue weighted by Crippen LogP contribution is 2.36. The van der Waals surface area contributed by atoms with Gasteiger partial charge >= 0.3 is 0 Å². The first-order valence-electron chi connectivity index (χ1n) is 9.25. The standard InChI is InChI=1S/C20H27N3O/c1-3-18-13(2)17-9-14(5-7-19(17)22-18)10-21-20(24)12-23-11-15-4-6-16(23)8-15/h5,7,9,15-16,22H,3-4,6,8,10-12H2,1-2H3,(H,21,24)/t15-,16+/m1/s1. The van der Waals surface area contributed by atoms with Crippen molar-refractivity contribution in [3.8, 4) is 0 Å². The van der Waals surface area contributed by atoms with E-state index in [1.807, 2.05) is 0 Å². The number of fused-ring (bicyclic) bond motifs is 3. The highest BCUT2D eigenvalue weighted by atomic mass is 16.2. The Morgan fingerprint density at radius 3 is 2.96 bits per heavy atom. The summed E-state index contributed by atoms with van der Waals surface area (Å²) in [5.74, 6) is 0.997. The van der Waals surface area contributed by atoms with Gasteiger partial charge in [-0.3, -0.25) is 9.69 Å². The number of aromatic amines is 1. The van der Waals surface area contributed by atoms with E-state index in [0.29, 0.717) is 19.1 Å². The van der Waals surface area contributed by atoms with Gasteiger partial charge in [-0.05, 0) is 61.8 Å². The lowest BCUT2D eigenvalue weighted by Crippen LogP contribution is -2.40. The van der Waals surface area contributed by atoms with Gasteiger partial charge in [0.1, 0.15) is 0 Å². The SMILES string of the molecule is CCc1[nH]c2ccc(CNC(=O)CN3C[C@@H]4CC[C@H]3C4)cc2c1C. The summed E-state index contributed by atoms with van der Waals surface area (Å²) in [5, 5.41) is 4.37. The highest BCUT2D eigenvalue weighted by Gasteiger charge is 2.38. The molecule has 2 fully saturated rings. The fourth-order valence-corrected chi connectivity index (χ4v) is 4.55. The van der Waals surface area contributed by atoms with Crippen molar-refractivity contribution in [1.29, 1.82) is 0 Å². The van der Waals surface area contributed by atoms with E-state index in [9.17, 15) is 4.79 Å². The fraction of sp³-hybridized carbons (Fsp3) is 0.550. The number of aromatic nitrogens is 1. The largest absolute Gasteiger partial charge is 0.358 e. The molecule has 0 unspecified atom stereocenters. The average molecular weight is 325 g/mol. The van der Waals surface area contributed by atoms with E-state index in [1.54, 1.807) is 0 Å². The van der Waals surface area contributed by atoms with E-state index < -0.39 is 0 Å². The number of piperidine rings is 1. The van der Waals surface area contributed by atoms with Crippen molar-refractivity contribution < 1.29 is 4.79 Å². The molecule has 2 aromatic rings. The Kier molecular flexibility index (Phi) is 4.09. The Labute approximate surface area is 143 Å². The Morgan fingerprint density at radius 1 is 1.38 bits per heavy atom. The maximum absolute atomic E-state index is 12.3. The highest BCUT2D eigenvalue weighted by molar-refractivity contribution is 5.85. The molecule has 4 heteroatoms. The van der Waals surface area contributed by atoms with Crippen LogP contribution in [0.4, 0.5) is 0 Å². The van der Waals surface area contributed by atoms with E-state index in [-0.39, 0.29) is 5.91 Å². The summed E-state index contributed by atoms with van der Waals surface area (Å²) in [5.41, 5.74) is 4.99. The van der Waals surface area contributed by atoms with Crippen LogP contribution in [-0.4, -0.2) is 34.9 Å². The number of nitrogens with one attached hydrogen (secondary N) is 2. The van der Waals surface area contributed by atoms with Crippen molar-refractivity contribution in [2.75, 3.05) is 13.1 Å². The third-order valence-corrected chi connectivity index (χ3v) is 5.94. The van der Waals surface area contributed by atoms with Crippen LogP contribution in [0.2, 0.25) is 0 Å². The number of carbonyl (C=O) groups is 1. The molecule has 2 N–H and O–H groups in total. The normalized spacial score (nSPS) is 23.2. The smallest absolute Gasteiger partial charge is 0.234 e. The van der Waals surface area contributed by atoms with Crippen molar-refractivity contribution >= 4 is 16.8 Å². The van der Waals surface area contributed by atoms with Gasteiger partial charge in [-0.1, -0.05) is 13.0 Å². The summed E-state index contributed by atoms with van der Waals surface area (Å²) in [6, 6.07) is 7.10. The molecule has 4 nitrogen and oxygen atoms in total. The molecule has 2 bridgehead atoms. The summed E-state index contributed by atoms with van der Waals surface area (Å²) in [6.07, 6.45) is 4.96. The summed E-state index contributed by atoms with van der Waals surface area (Å²) in [4.78, 5) is 18.1. The molecule has 128 valence electrons. The van der Waals surface area contributed by atoms with Gasteiger partial charge in [0.15, 0.2) is 0 Å². The molecule has 2 heterocycles. The summed E-state index contributed by atoms with van der Waals surface area (Å²) < 4.78 is 0.